The summed E-state index contributed by atoms with van der Waals surface area (Å²) in [5, 5.41) is 15.8. The molecule has 0 aliphatic rings. The van der Waals surface area contributed by atoms with Gasteiger partial charge in [-0.2, -0.15) is 10.1 Å². The fraction of sp³-hybridized carbons (Fsp3) is 0. The molecule has 8 heteroatoms. The normalized spacial score (nSPS) is 10.7. The highest BCUT2D eigenvalue weighted by Crippen LogP contribution is 2.27. The van der Waals surface area contributed by atoms with E-state index < -0.39 is 6.16 Å². The van der Waals surface area contributed by atoms with Gasteiger partial charge in [0.1, 0.15) is 0 Å². The van der Waals surface area contributed by atoms with Crippen LogP contribution in [-0.4, -0.2) is 26.4 Å². The van der Waals surface area contributed by atoms with Crippen molar-refractivity contribution in [2.24, 2.45) is 0 Å². The maximum Gasteiger partial charge on any atom is 0.512 e. The number of H-pyrrole nitrogens is 1. The Morgan fingerprint density at radius 3 is 3.11 bits per heavy atom. The number of hydrogen-bond acceptors (Lipinski definition) is 6. The van der Waals surface area contributed by atoms with Crippen LogP contribution in [0, 0.1) is 0 Å². The maximum atomic E-state index is 10.4. The molecule has 8 nitrogen and oxygen atoms in total. The van der Waals surface area contributed by atoms with Crippen molar-refractivity contribution in [2.75, 3.05) is 5.73 Å². The van der Waals surface area contributed by atoms with Crippen molar-refractivity contribution in [3.05, 3.63) is 24.5 Å². The van der Waals surface area contributed by atoms with Gasteiger partial charge in [-0.05, 0) is 18.2 Å². The van der Waals surface area contributed by atoms with Gasteiger partial charge in [0, 0.05) is 10.9 Å². The molecule has 0 amide bonds. The molecule has 0 atom stereocenters. The zero-order chi connectivity index (χ0) is 13.4. The first kappa shape index (κ1) is 11.1. The van der Waals surface area contributed by atoms with Gasteiger partial charge in [-0.3, -0.25) is 5.10 Å². The molecule has 96 valence electrons. The van der Waals surface area contributed by atoms with Gasteiger partial charge in [0.05, 0.1) is 5.52 Å². The largest absolute Gasteiger partial charge is 0.512 e. The Labute approximate surface area is 105 Å². The molecule has 0 radical (unpaired) electrons. The van der Waals surface area contributed by atoms with Crippen molar-refractivity contribution >= 4 is 22.9 Å². The van der Waals surface area contributed by atoms with Gasteiger partial charge in [0.25, 0.3) is 5.88 Å². The Morgan fingerprint density at radius 2 is 2.32 bits per heavy atom. The summed E-state index contributed by atoms with van der Waals surface area (Å²) in [6.45, 7) is 0. The number of nitrogens with two attached hydrogens (primary N) is 1. The van der Waals surface area contributed by atoms with E-state index in [1.807, 2.05) is 0 Å². The molecule has 19 heavy (non-hydrogen) atoms. The predicted octanol–water partition coefficient (Wildman–Crippen LogP) is 1.86. The number of ether oxygens (including phenoxy) is 1. The first-order valence-corrected chi connectivity index (χ1v) is 5.24. The van der Waals surface area contributed by atoms with Crippen LogP contribution < -0.4 is 10.5 Å². The molecule has 0 saturated carbocycles. The third-order valence-corrected chi connectivity index (χ3v) is 2.51. The van der Waals surface area contributed by atoms with Gasteiger partial charge >= 0.3 is 6.16 Å². The number of aromatic nitrogens is 3. The van der Waals surface area contributed by atoms with E-state index in [0.29, 0.717) is 11.4 Å². The Hall–Kier alpha value is -3.03. The first-order chi connectivity index (χ1) is 9.13. The number of anilines is 1. The number of hydrogen-bond donors (Lipinski definition) is 3. The van der Waals surface area contributed by atoms with Gasteiger partial charge in [-0.1, -0.05) is 0 Å². The smallest absolute Gasteiger partial charge is 0.449 e. The number of oxazole rings is 1. The highest BCUT2D eigenvalue weighted by Gasteiger charge is 2.12. The fourth-order valence-electron chi connectivity index (χ4n) is 1.70. The molecule has 0 fully saturated rings. The molecule has 0 spiro atoms. The van der Waals surface area contributed by atoms with Crippen LogP contribution in [0.2, 0.25) is 0 Å². The van der Waals surface area contributed by atoms with E-state index in [9.17, 15) is 4.79 Å². The fourth-order valence-corrected chi connectivity index (χ4v) is 1.70. The number of carboxylic acid groups (broad SMARTS) is 1. The number of nitrogens with zero attached hydrogens (tertiary/aromatic N) is 2. The van der Waals surface area contributed by atoms with Crippen molar-refractivity contribution in [3.63, 3.8) is 0 Å². The van der Waals surface area contributed by atoms with Crippen LogP contribution >= 0.6 is 0 Å². The SMILES string of the molecule is Nc1n[nH]c2ccc(-c3nc(OC(=O)O)co3)cc12. The summed E-state index contributed by atoms with van der Waals surface area (Å²) in [6, 6.07) is 5.26. The molecule has 0 saturated heterocycles. The summed E-state index contributed by atoms with van der Waals surface area (Å²) in [4.78, 5) is 14.3. The van der Waals surface area contributed by atoms with Gasteiger partial charge in [0.2, 0.25) is 5.89 Å². The molecule has 3 rings (SSSR count). The summed E-state index contributed by atoms with van der Waals surface area (Å²) in [5.74, 6) is 0.479. The Bertz CT molecular complexity index is 761. The molecule has 2 heterocycles. The van der Waals surface area contributed by atoms with Gasteiger partial charge in [-0.15, -0.1) is 0 Å². The average Bonchev–Trinajstić information content (AvgIpc) is 2.96. The highest BCUT2D eigenvalue weighted by atomic mass is 16.7. The number of nitrogens with one attached hydrogen (secondary N) is 1. The monoisotopic (exact) mass is 260 g/mol. The molecule has 2 aromatic heterocycles. The Balaban J connectivity index is 2.01. The van der Waals surface area contributed by atoms with Crippen LogP contribution in [0.3, 0.4) is 0 Å². The highest BCUT2D eigenvalue weighted by molar-refractivity contribution is 5.91. The van der Waals surface area contributed by atoms with E-state index in [0.717, 1.165) is 17.2 Å². The molecule has 4 N–H and O–H groups in total. The van der Waals surface area contributed by atoms with Crippen molar-refractivity contribution in [2.45, 2.75) is 0 Å². The van der Waals surface area contributed by atoms with Crippen LogP contribution in [0.15, 0.2) is 28.9 Å². The Kier molecular flexibility index (Phi) is 2.34. The summed E-state index contributed by atoms with van der Waals surface area (Å²) in [5.41, 5.74) is 7.13. The van der Waals surface area contributed by atoms with E-state index in [1.165, 1.54) is 0 Å². The van der Waals surface area contributed by atoms with Crippen LogP contribution in [0.5, 0.6) is 5.88 Å². The van der Waals surface area contributed by atoms with E-state index >= 15 is 0 Å². The summed E-state index contributed by atoms with van der Waals surface area (Å²) < 4.78 is 9.53. The van der Waals surface area contributed by atoms with Crippen LogP contribution in [0.1, 0.15) is 0 Å². The number of fused-ring (bicyclic) bond motifs is 1. The van der Waals surface area contributed by atoms with E-state index in [2.05, 4.69) is 19.9 Å². The second-order valence-electron chi connectivity index (χ2n) is 3.73. The van der Waals surface area contributed by atoms with Crippen molar-refractivity contribution in [3.8, 4) is 17.3 Å². The van der Waals surface area contributed by atoms with Gasteiger partial charge in [-0.25, -0.2) is 4.79 Å². The molecule has 0 bridgehead atoms. The second kappa shape index (κ2) is 4.02. The minimum absolute atomic E-state index is 0.122. The standard InChI is InChI=1S/C11H8N4O4/c12-9-6-3-5(1-2-7(6)14-15-9)10-13-8(4-18-10)19-11(16)17/h1-4H,(H,16,17)(H3,12,14,15). The minimum atomic E-state index is -1.45. The summed E-state index contributed by atoms with van der Waals surface area (Å²) in [6.07, 6.45) is -0.332. The molecule has 3 aromatic rings. The third kappa shape index (κ3) is 1.95. The van der Waals surface area contributed by atoms with Crippen molar-refractivity contribution < 1.29 is 19.1 Å². The minimum Gasteiger partial charge on any atom is -0.449 e. The molecular weight excluding hydrogens is 252 g/mol. The molecule has 0 aliphatic carbocycles. The molecule has 0 aliphatic heterocycles. The maximum absolute atomic E-state index is 10.4. The average molecular weight is 260 g/mol. The second-order valence-corrected chi connectivity index (χ2v) is 3.73. The van der Waals surface area contributed by atoms with Crippen LogP contribution in [0.4, 0.5) is 10.6 Å². The van der Waals surface area contributed by atoms with Gasteiger partial charge in [0.15, 0.2) is 12.1 Å². The lowest BCUT2D eigenvalue weighted by Gasteiger charge is -1.95. The van der Waals surface area contributed by atoms with E-state index in [-0.39, 0.29) is 11.8 Å². The molecule has 1 aromatic carbocycles. The molecular formula is C11H8N4O4. The van der Waals surface area contributed by atoms with Crippen molar-refractivity contribution in [1.29, 1.82) is 0 Å². The lowest BCUT2D eigenvalue weighted by molar-refractivity contribution is 0.142. The first-order valence-electron chi connectivity index (χ1n) is 5.24. The van der Waals surface area contributed by atoms with E-state index in [4.69, 9.17) is 15.3 Å². The zero-order valence-electron chi connectivity index (χ0n) is 9.45. The Morgan fingerprint density at radius 1 is 1.47 bits per heavy atom. The van der Waals surface area contributed by atoms with Crippen molar-refractivity contribution in [1.82, 2.24) is 15.2 Å². The molecule has 0 unspecified atom stereocenters. The summed E-state index contributed by atoms with van der Waals surface area (Å²) >= 11 is 0. The summed E-state index contributed by atoms with van der Waals surface area (Å²) in [7, 11) is 0. The van der Waals surface area contributed by atoms with Crippen LogP contribution in [0.25, 0.3) is 22.4 Å². The topological polar surface area (TPSA) is 127 Å². The quantitative estimate of drug-likeness (QED) is 0.600. The number of rotatable bonds is 2. The lowest BCUT2D eigenvalue weighted by Crippen LogP contribution is -2.02. The third-order valence-electron chi connectivity index (χ3n) is 2.51. The van der Waals surface area contributed by atoms with Crippen LogP contribution in [-0.2, 0) is 0 Å². The predicted molar refractivity (Wildman–Crippen MR) is 64.7 cm³/mol. The number of benzene rings is 1. The zero-order valence-corrected chi connectivity index (χ0v) is 9.45. The number of carbonyl (C=O) groups is 1. The van der Waals surface area contributed by atoms with E-state index in [1.54, 1.807) is 18.2 Å². The number of nitrogen functional groups attached to an aromatic ring is 1. The number of aromatic amines is 1. The van der Waals surface area contributed by atoms with Gasteiger partial charge < -0.3 is 20.0 Å². The lowest BCUT2D eigenvalue weighted by atomic mass is 10.1.